The van der Waals surface area contributed by atoms with Crippen LogP contribution in [0.4, 0.5) is 5.69 Å². The van der Waals surface area contributed by atoms with Crippen molar-refractivity contribution in [3.8, 4) is 11.8 Å². The summed E-state index contributed by atoms with van der Waals surface area (Å²) < 4.78 is 5.33. The van der Waals surface area contributed by atoms with Crippen LogP contribution in [0.1, 0.15) is 12.0 Å². The molecule has 2 aromatic rings. The molecule has 0 radical (unpaired) electrons. The topological polar surface area (TPSA) is 77.7 Å². The molecule has 27 heavy (non-hydrogen) atoms. The van der Waals surface area contributed by atoms with Gasteiger partial charge in [-0.3, -0.25) is 4.79 Å². The van der Waals surface area contributed by atoms with E-state index in [-0.39, 0.29) is 6.61 Å². The second-order valence-corrected chi connectivity index (χ2v) is 6.42. The second kappa shape index (κ2) is 10.4. The number of nitrogens with zero attached hydrogens (tertiary/aromatic N) is 3. The van der Waals surface area contributed by atoms with Crippen molar-refractivity contribution in [2.24, 2.45) is 5.10 Å². The van der Waals surface area contributed by atoms with Crippen molar-refractivity contribution < 1.29 is 9.53 Å². The Labute approximate surface area is 167 Å². The first-order valence-electron chi connectivity index (χ1n) is 8.07. The van der Waals surface area contributed by atoms with E-state index in [1.54, 1.807) is 12.1 Å². The summed E-state index contributed by atoms with van der Waals surface area (Å²) in [5.74, 6) is -0.0403. The Bertz CT molecular complexity index is 848. The molecule has 0 aliphatic heterocycles. The quantitative estimate of drug-likeness (QED) is 0.534. The first-order valence-corrected chi connectivity index (χ1v) is 8.83. The van der Waals surface area contributed by atoms with E-state index < -0.39 is 5.91 Å². The lowest BCUT2D eigenvalue weighted by Gasteiger charge is -2.17. The van der Waals surface area contributed by atoms with Crippen molar-refractivity contribution in [3.63, 3.8) is 0 Å². The summed E-state index contributed by atoms with van der Waals surface area (Å²) in [5.41, 5.74) is 4.22. The van der Waals surface area contributed by atoms with Crippen molar-refractivity contribution in [2.75, 3.05) is 25.1 Å². The fraction of sp³-hybridized carbons (Fsp3) is 0.211. The fourth-order valence-corrected chi connectivity index (χ4v) is 2.57. The first kappa shape index (κ1) is 20.6. The minimum absolute atomic E-state index is 0.221. The van der Waals surface area contributed by atoms with Gasteiger partial charge in [0.25, 0.3) is 5.91 Å². The van der Waals surface area contributed by atoms with E-state index >= 15 is 0 Å². The summed E-state index contributed by atoms with van der Waals surface area (Å²) >= 11 is 11.8. The second-order valence-electron chi connectivity index (χ2n) is 5.58. The maximum absolute atomic E-state index is 11.8. The summed E-state index contributed by atoms with van der Waals surface area (Å²) in [6, 6.07) is 14.5. The highest BCUT2D eigenvalue weighted by Crippen LogP contribution is 2.27. The lowest BCUT2D eigenvalue weighted by Crippen LogP contribution is -2.24. The number of ether oxygens (including phenoxy) is 1. The number of rotatable bonds is 8. The average Bonchev–Trinajstić information content (AvgIpc) is 2.66. The van der Waals surface area contributed by atoms with Crippen LogP contribution >= 0.6 is 23.2 Å². The van der Waals surface area contributed by atoms with E-state index in [1.165, 1.54) is 12.3 Å². The average molecular weight is 405 g/mol. The standard InChI is InChI=1S/C19H18Cl2N4O2/c1-25(10-2-9-22)16-6-3-14(4-7-16)12-23-24-19(26)13-27-18-8-5-15(20)11-17(18)21/h3-8,11-12H,2,10,13H2,1H3,(H,24,26)/b23-12-. The number of hydrogen-bond donors (Lipinski definition) is 1. The summed E-state index contributed by atoms with van der Waals surface area (Å²) in [6.45, 7) is 0.443. The van der Waals surface area contributed by atoms with Crippen LogP contribution < -0.4 is 15.1 Å². The molecule has 2 aromatic carbocycles. The molecule has 0 heterocycles. The number of amides is 1. The van der Waals surface area contributed by atoms with Gasteiger partial charge in [-0.15, -0.1) is 0 Å². The zero-order chi connectivity index (χ0) is 19.6. The van der Waals surface area contributed by atoms with E-state index in [0.717, 1.165) is 11.3 Å². The van der Waals surface area contributed by atoms with Crippen molar-refractivity contribution in [1.82, 2.24) is 5.43 Å². The van der Waals surface area contributed by atoms with Crippen LogP contribution in [0.25, 0.3) is 0 Å². The third kappa shape index (κ3) is 6.81. The maximum atomic E-state index is 11.8. The molecule has 0 bridgehead atoms. The molecule has 0 spiro atoms. The molecule has 0 saturated carbocycles. The molecule has 140 valence electrons. The maximum Gasteiger partial charge on any atom is 0.277 e. The summed E-state index contributed by atoms with van der Waals surface area (Å²) in [5, 5.41) is 13.3. The highest BCUT2D eigenvalue weighted by molar-refractivity contribution is 6.35. The Kier molecular flexibility index (Phi) is 7.93. The monoisotopic (exact) mass is 404 g/mol. The SMILES string of the molecule is CN(CCC#N)c1ccc(/C=N\NC(=O)COc2ccc(Cl)cc2Cl)cc1. The molecule has 2 rings (SSSR count). The van der Waals surface area contributed by atoms with Gasteiger partial charge < -0.3 is 9.64 Å². The molecule has 1 amide bonds. The van der Waals surface area contributed by atoms with Crippen LogP contribution in [-0.4, -0.2) is 32.3 Å². The molecule has 6 nitrogen and oxygen atoms in total. The molecule has 0 atom stereocenters. The fourth-order valence-electron chi connectivity index (χ4n) is 2.11. The number of hydrogen-bond acceptors (Lipinski definition) is 5. The minimum Gasteiger partial charge on any atom is -0.482 e. The van der Waals surface area contributed by atoms with Crippen molar-refractivity contribution >= 4 is 41.0 Å². The third-order valence-corrected chi connectivity index (χ3v) is 4.08. The Morgan fingerprint density at radius 3 is 2.70 bits per heavy atom. The molecular formula is C19H18Cl2N4O2. The molecule has 0 aliphatic carbocycles. The zero-order valence-electron chi connectivity index (χ0n) is 14.7. The largest absolute Gasteiger partial charge is 0.482 e. The van der Waals surface area contributed by atoms with Crippen LogP contribution in [0, 0.1) is 11.3 Å². The molecule has 0 fully saturated rings. The minimum atomic E-state index is -0.412. The Morgan fingerprint density at radius 2 is 2.04 bits per heavy atom. The van der Waals surface area contributed by atoms with Gasteiger partial charge in [-0.2, -0.15) is 10.4 Å². The third-order valence-electron chi connectivity index (χ3n) is 3.55. The van der Waals surface area contributed by atoms with Gasteiger partial charge in [0, 0.05) is 24.3 Å². The van der Waals surface area contributed by atoms with Gasteiger partial charge >= 0.3 is 0 Å². The van der Waals surface area contributed by atoms with Crippen LogP contribution in [0.2, 0.25) is 10.0 Å². The highest BCUT2D eigenvalue weighted by Gasteiger charge is 2.06. The van der Waals surface area contributed by atoms with Gasteiger partial charge in [0.05, 0.1) is 23.7 Å². The number of carbonyl (C=O) groups excluding carboxylic acids is 1. The smallest absolute Gasteiger partial charge is 0.277 e. The summed E-state index contributed by atoms with van der Waals surface area (Å²) in [6.07, 6.45) is 2.00. The number of carbonyl (C=O) groups is 1. The van der Waals surface area contributed by atoms with Crippen molar-refractivity contribution in [1.29, 1.82) is 5.26 Å². The number of nitrogens with one attached hydrogen (secondary N) is 1. The number of nitriles is 1. The normalized spacial score (nSPS) is 10.4. The van der Waals surface area contributed by atoms with Crippen LogP contribution in [0.5, 0.6) is 5.75 Å². The van der Waals surface area contributed by atoms with Crippen LogP contribution in [0.15, 0.2) is 47.6 Å². The predicted molar refractivity (Wildman–Crippen MR) is 108 cm³/mol. The summed E-state index contributed by atoms with van der Waals surface area (Å²) in [4.78, 5) is 13.8. The van der Waals surface area contributed by atoms with Gasteiger partial charge in [0.2, 0.25) is 0 Å². The van der Waals surface area contributed by atoms with Gasteiger partial charge in [0.1, 0.15) is 5.75 Å². The lowest BCUT2D eigenvalue weighted by atomic mass is 10.2. The Balaban J connectivity index is 1.80. The van der Waals surface area contributed by atoms with E-state index in [0.29, 0.717) is 28.8 Å². The molecule has 1 N–H and O–H groups in total. The molecule has 0 aliphatic rings. The predicted octanol–water partition coefficient (Wildman–Crippen LogP) is 3.87. The number of hydrazone groups is 1. The summed E-state index contributed by atoms with van der Waals surface area (Å²) in [7, 11) is 1.92. The first-order chi connectivity index (χ1) is 13.0. The Hall–Kier alpha value is -2.75. The van der Waals surface area contributed by atoms with E-state index in [1.807, 2.05) is 36.2 Å². The van der Waals surface area contributed by atoms with Gasteiger partial charge in [0.15, 0.2) is 6.61 Å². The molecule has 0 unspecified atom stereocenters. The van der Waals surface area contributed by atoms with Crippen molar-refractivity contribution in [2.45, 2.75) is 6.42 Å². The van der Waals surface area contributed by atoms with Gasteiger partial charge in [-0.05, 0) is 35.9 Å². The molecule has 0 saturated heterocycles. The number of benzene rings is 2. The van der Waals surface area contributed by atoms with E-state index in [4.69, 9.17) is 33.2 Å². The number of halogens is 2. The molecule has 0 aromatic heterocycles. The Morgan fingerprint density at radius 1 is 1.30 bits per heavy atom. The van der Waals surface area contributed by atoms with Crippen LogP contribution in [0.3, 0.4) is 0 Å². The van der Waals surface area contributed by atoms with Gasteiger partial charge in [-0.1, -0.05) is 35.3 Å². The van der Waals surface area contributed by atoms with Gasteiger partial charge in [-0.25, -0.2) is 5.43 Å². The molecular weight excluding hydrogens is 387 g/mol. The highest BCUT2D eigenvalue weighted by atomic mass is 35.5. The van der Waals surface area contributed by atoms with Crippen molar-refractivity contribution in [3.05, 3.63) is 58.1 Å². The zero-order valence-corrected chi connectivity index (χ0v) is 16.2. The number of anilines is 1. The molecule has 8 heteroatoms. The van der Waals surface area contributed by atoms with E-state index in [9.17, 15) is 4.79 Å². The lowest BCUT2D eigenvalue weighted by molar-refractivity contribution is -0.123. The van der Waals surface area contributed by atoms with E-state index in [2.05, 4.69) is 16.6 Å². The van der Waals surface area contributed by atoms with Crippen LogP contribution in [-0.2, 0) is 4.79 Å².